The number of benzene rings is 1. The summed E-state index contributed by atoms with van der Waals surface area (Å²) in [5.41, 5.74) is 3.96. The molecule has 1 aliphatic rings. The predicted molar refractivity (Wildman–Crippen MR) is 101 cm³/mol. The van der Waals surface area contributed by atoms with Crippen LogP contribution in [-0.4, -0.2) is 41.8 Å². The van der Waals surface area contributed by atoms with Gasteiger partial charge < -0.3 is 14.4 Å². The van der Waals surface area contributed by atoms with E-state index >= 15 is 0 Å². The molecule has 2 aromatic rings. The van der Waals surface area contributed by atoms with Gasteiger partial charge in [0.15, 0.2) is 0 Å². The van der Waals surface area contributed by atoms with Crippen molar-refractivity contribution in [3.63, 3.8) is 0 Å². The van der Waals surface area contributed by atoms with Crippen molar-refractivity contribution in [2.45, 2.75) is 38.9 Å². The van der Waals surface area contributed by atoms with E-state index in [2.05, 4.69) is 17.1 Å². The normalized spacial score (nSPS) is 16.7. The zero-order chi connectivity index (χ0) is 18.7. The monoisotopic (exact) mass is 354 g/mol. The van der Waals surface area contributed by atoms with E-state index in [1.807, 2.05) is 51.2 Å². The van der Waals surface area contributed by atoms with Crippen molar-refractivity contribution in [2.24, 2.45) is 0 Å². The molecule has 2 heterocycles. The number of rotatable bonds is 3. The Labute approximate surface area is 155 Å². The highest BCUT2D eigenvalue weighted by Gasteiger charge is 2.27. The van der Waals surface area contributed by atoms with Gasteiger partial charge in [-0.15, -0.1) is 0 Å². The summed E-state index contributed by atoms with van der Waals surface area (Å²) < 4.78 is 11.4. The Hall–Kier alpha value is -2.40. The summed E-state index contributed by atoms with van der Waals surface area (Å²) in [6.07, 6.45) is 2.14. The molecule has 26 heavy (non-hydrogen) atoms. The zero-order valence-corrected chi connectivity index (χ0v) is 15.9. The van der Waals surface area contributed by atoms with E-state index in [4.69, 9.17) is 9.47 Å². The van der Waals surface area contributed by atoms with Crippen LogP contribution in [0.25, 0.3) is 11.3 Å². The van der Waals surface area contributed by atoms with Gasteiger partial charge >= 0.3 is 6.09 Å². The molecule has 0 N–H and O–H groups in total. The predicted octanol–water partition coefficient (Wildman–Crippen LogP) is 4.23. The third-order valence-electron chi connectivity index (χ3n) is 4.32. The summed E-state index contributed by atoms with van der Waals surface area (Å²) >= 11 is 0. The summed E-state index contributed by atoms with van der Waals surface area (Å²) in [5.74, 6) is 0. The second-order valence-electron chi connectivity index (χ2n) is 7.56. The van der Waals surface area contributed by atoms with Crippen LogP contribution in [0, 0.1) is 0 Å². The molecule has 5 heteroatoms. The van der Waals surface area contributed by atoms with Crippen LogP contribution in [-0.2, 0) is 15.9 Å². The molecule has 0 spiro atoms. The van der Waals surface area contributed by atoms with Crippen LogP contribution in [0.2, 0.25) is 0 Å². The number of aromatic nitrogens is 1. The Morgan fingerprint density at radius 2 is 2.08 bits per heavy atom. The maximum Gasteiger partial charge on any atom is 0.410 e. The van der Waals surface area contributed by atoms with Crippen molar-refractivity contribution in [3.05, 3.63) is 53.7 Å². The van der Waals surface area contributed by atoms with Crippen molar-refractivity contribution in [1.82, 2.24) is 9.88 Å². The Balaban J connectivity index is 1.83. The molecule has 0 aliphatic carbocycles. The molecule has 3 rings (SSSR count). The summed E-state index contributed by atoms with van der Waals surface area (Å²) in [6.45, 7) is 6.68. The van der Waals surface area contributed by atoms with Crippen molar-refractivity contribution >= 4 is 6.09 Å². The molecule has 0 radical (unpaired) electrons. The molecule has 1 aliphatic heterocycles. The van der Waals surface area contributed by atoms with Gasteiger partial charge in [-0.05, 0) is 50.5 Å². The van der Waals surface area contributed by atoms with Gasteiger partial charge in [0.1, 0.15) is 11.7 Å². The lowest BCUT2D eigenvalue weighted by Gasteiger charge is -2.31. The number of fused-ring (bicyclic) bond motifs is 1. The molecule has 1 amide bonds. The molecule has 1 aromatic carbocycles. The van der Waals surface area contributed by atoms with Crippen molar-refractivity contribution in [1.29, 1.82) is 0 Å². The number of nitrogens with zero attached hydrogens (tertiary/aromatic N) is 2. The zero-order valence-electron chi connectivity index (χ0n) is 15.9. The van der Waals surface area contributed by atoms with Gasteiger partial charge in [-0.1, -0.05) is 24.3 Å². The number of pyridine rings is 1. The molecular weight excluding hydrogens is 328 g/mol. The molecule has 0 fully saturated rings. The lowest BCUT2D eigenvalue weighted by atomic mass is 9.91. The van der Waals surface area contributed by atoms with Crippen molar-refractivity contribution in [2.75, 3.05) is 20.2 Å². The number of hydrogen-bond donors (Lipinski definition) is 0. The van der Waals surface area contributed by atoms with Crippen LogP contribution in [0.3, 0.4) is 0 Å². The number of likely N-dealkylation sites (N-methyl/N-ethyl adjacent to an activating group) is 1. The molecule has 138 valence electrons. The molecule has 0 saturated heterocycles. The Kier molecular flexibility index (Phi) is 5.28. The number of hydrogen-bond acceptors (Lipinski definition) is 4. The second kappa shape index (κ2) is 7.46. The van der Waals surface area contributed by atoms with Crippen molar-refractivity contribution < 1.29 is 14.3 Å². The highest BCUT2D eigenvalue weighted by Crippen LogP contribution is 2.34. The van der Waals surface area contributed by atoms with Gasteiger partial charge in [-0.3, -0.25) is 4.98 Å². The lowest BCUT2D eigenvalue weighted by Crippen LogP contribution is -2.38. The Morgan fingerprint density at radius 1 is 1.27 bits per heavy atom. The van der Waals surface area contributed by atoms with E-state index in [0.717, 1.165) is 23.2 Å². The van der Waals surface area contributed by atoms with Crippen LogP contribution < -0.4 is 0 Å². The molecule has 0 saturated carbocycles. The van der Waals surface area contributed by atoms with Gasteiger partial charge in [-0.25, -0.2) is 4.79 Å². The van der Waals surface area contributed by atoms with Crippen LogP contribution in [0.4, 0.5) is 4.79 Å². The van der Waals surface area contributed by atoms with E-state index in [-0.39, 0.29) is 12.2 Å². The maximum absolute atomic E-state index is 12.3. The largest absolute Gasteiger partial charge is 0.444 e. The smallest absolute Gasteiger partial charge is 0.410 e. The number of carbonyl (C=O) groups is 1. The van der Waals surface area contributed by atoms with Crippen LogP contribution in [0.1, 0.15) is 38.0 Å². The molecule has 1 aromatic heterocycles. The first kappa shape index (κ1) is 18.4. The van der Waals surface area contributed by atoms with E-state index < -0.39 is 5.60 Å². The van der Waals surface area contributed by atoms with E-state index in [0.29, 0.717) is 13.2 Å². The minimum Gasteiger partial charge on any atom is -0.444 e. The molecule has 0 bridgehead atoms. The first-order valence-electron chi connectivity index (χ1n) is 8.94. The van der Waals surface area contributed by atoms with Crippen LogP contribution in [0.15, 0.2) is 42.6 Å². The Morgan fingerprint density at radius 3 is 2.77 bits per heavy atom. The number of ether oxygens (including phenoxy) is 2. The van der Waals surface area contributed by atoms with Gasteiger partial charge in [0.05, 0.1) is 18.8 Å². The van der Waals surface area contributed by atoms with E-state index in [1.165, 1.54) is 5.56 Å². The first-order valence-corrected chi connectivity index (χ1v) is 8.94. The van der Waals surface area contributed by atoms with Crippen LogP contribution in [0.5, 0.6) is 0 Å². The van der Waals surface area contributed by atoms with Gasteiger partial charge in [-0.2, -0.15) is 0 Å². The molecule has 1 unspecified atom stereocenters. The summed E-state index contributed by atoms with van der Waals surface area (Å²) in [6, 6.07) is 12.1. The standard InChI is InChI=1S/C21H26N2O3/c1-21(2,3)26-20(24)23(4)14-19-17-9-7-8-16(15(17)11-13-25-19)18-10-5-6-12-22-18/h5-10,12,19H,11,13-14H2,1-4H3. The average Bonchev–Trinajstić information content (AvgIpc) is 2.61. The van der Waals surface area contributed by atoms with Gasteiger partial charge in [0.2, 0.25) is 0 Å². The highest BCUT2D eigenvalue weighted by molar-refractivity contribution is 5.68. The summed E-state index contributed by atoms with van der Waals surface area (Å²) in [7, 11) is 1.74. The van der Waals surface area contributed by atoms with Crippen LogP contribution >= 0.6 is 0 Å². The minimum atomic E-state index is -0.511. The SMILES string of the molecule is CN(CC1OCCc2c(-c3ccccn3)cccc21)C(=O)OC(C)(C)C. The third-order valence-corrected chi connectivity index (χ3v) is 4.32. The fourth-order valence-electron chi connectivity index (χ4n) is 3.15. The number of amides is 1. The third kappa shape index (κ3) is 4.22. The molecule has 5 nitrogen and oxygen atoms in total. The topological polar surface area (TPSA) is 51.7 Å². The second-order valence-corrected chi connectivity index (χ2v) is 7.56. The molecule has 1 atom stereocenters. The van der Waals surface area contributed by atoms with E-state index in [9.17, 15) is 4.79 Å². The van der Waals surface area contributed by atoms with Gasteiger partial charge in [0, 0.05) is 18.8 Å². The van der Waals surface area contributed by atoms with Crippen molar-refractivity contribution in [3.8, 4) is 11.3 Å². The fourth-order valence-corrected chi connectivity index (χ4v) is 3.15. The van der Waals surface area contributed by atoms with E-state index in [1.54, 1.807) is 11.9 Å². The molecular formula is C21H26N2O3. The quantitative estimate of drug-likeness (QED) is 0.828. The average molecular weight is 354 g/mol. The number of carbonyl (C=O) groups excluding carboxylic acids is 1. The summed E-state index contributed by atoms with van der Waals surface area (Å²) in [4.78, 5) is 18.3. The maximum atomic E-state index is 12.3. The highest BCUT2D eigenvalue weighted by atomic mass is 16.6. The summed E-state index contributed by atoms with van der Waals surface area (Å²) in [5, 5.41) is 0. The lowest BCUT2D eigenvalue weighted by molar-refractivity contribution is -0.00157. The Bertz CT molecular complexity index is 769. The minimum absolute atomic E-state index is 0.167. The fraction of sp³-hybridized carbons (Fsp3) is 0.429. The first-order chi connectivity index (χ1) is 12.3. The van der Waals surface area contributed by atoms with Gasteiger partial charge in [0.25, 0.3) is 0 Å².